The first-order valence-corrected chi connectivity index (χ1v) is 5.74. The van der Waals surface area contributed by atoms with Crippen LogP contribution in [0.5, 0.6) is 0 Å². The van der Waals surface area contributed by atoms with E-state index in [1.807, 2.05) is 6.07 Å². The smallest absolute Gasteiger partial charge is 0.211 e. The average Bonchev–Trinajstić information content (AvgIpc) is 3.15. The maximum absolute atomic E-state index is 12.4. The highest BCUT2D eigenvalue weighted by molar-refractivity contribution is 5.81. The number of benzene rings is 1. The molecule has 3 aromatic rings. The lowest BCUT2D eigenvalue weighted by Crippen LogP contribution is -2.06. The Kier molecular flexibility index (Phi) is 2.04. The van der Waals surface area contributed by atoms with Crippen molar-refractivity contribution < 1.29 is 9.15 Å². The van der Waals surface area contributed by atoms with E-state index in [0.29, 0.717) is 17.6 Å². The first-order chi connectivity index (χ1) is 9.33. The van der Waals surface area contributed by atoms with Crippen LogP contribution in [-0.2, 0) is 4.74 Å². The van der Waals surface area contributed by atoms with Gasteiger partial charge in [0, 0.05) is 0 Å². The maximum atomic E-state index is 12.4. The molecule has 4 rings (SSSR count). The lowest BCUT2D eigenvalue weighted by molar-refractivity contribution is 0.416. The SMILES string of the molecule is O=c1c(-c2nn[nH]n2)coc2ccc(C3CO3)cc12. The van der Waals surface area contributed by atoms with Gasteiger partial charge in [0.1, 0.15) is 23.5 Å². The highest BCUT2D eigenvalue weighted by Crippen LogP contribution is 2.31. The summed E-state index contributed by atoms with van der Waals surface area (Å²) in [4.78, 5) is 12.4. The van der Waals surface area contributed by atoms with Gasteiger partial charge in [-0.15, -0.1) is 10.2 Å². The van der Waals surface area contributed by atoms with Gasteiger partial charge >= 0.3 is 0 Å². The summed E-state index contributed by atoms with van der Waals surface area (Å²) < 4.78 is 10.7. The van der Waals surface area contributed by atoms with Gasteiger partial charge in [0.2, 0.25) is 11.3 Å². The number of tetrazole rings is 1. The van der Waals surface area contributed by atoms with E-state index in [9.17, 15) is 4.79 Å². The minimum absolute atomic E-state index is 0.0950. The number of nitrogens with zero attached hydrogens (tertiary/aromatic N) is 3. The minimum atomic E-state index is -0.176. The summed E-state index contributed by atoms with van der Waals surface area (Å²) in [5.74, 6) is 0.226. The van der Waals surface area contributed by atoms with E-state index in [2.05, 4.69) is 20.6 Å². The molecule has 1 aliphatic rings. The third kappa shape index (κ3) is 1.63. The van der Waals surface area contributed by atoms with Gasteiger partial charge in [-0.2, -0.15) is 5.21 Å². The van der Waals surface area contributed by atoms with Crippen molar-refractivity contribution in [2.45, 2.75) is 6.10 Å². The third-order valence-electron chi connectivity index (χ3n) is 3.09. The molecule has 19 heavy (non-hydrogen) atoms. The summed E-state index contributed by atoms with van der Waals surface area (Å²) >= 11 is 0. The molecule has 1 atom stereocenters. The van der Waals surface area contributed by atoms with Crippen LogP contribution in [0.1, 0.15) is 11.7 Å². The number of ether oxygens (including phenoxy) is 1. The van der Waals surface area contributed by atoms with E-state index < -0.39 is 0 Å². The van der Waals surface area contributed by atoms with Crippen LogP contribution in [0.4, 0.5) is 0 Å². The lowest BCUT2D eigenvalue weighted by Gasteiger charge is -2.01. The van der Waals surface area contributed by atoms with Crippen LogP contribution in [0.25, 0.3) is 22.4 Å². The molecule has 1 unspecified atom stereocenters. The number of hydrogen-bond acceptors (Lipinski definition) is 6. The molecule has 0 aliphatic carbocycles. The van der Waals surface area contributed by atoms with Crippen LogP contribution in [0.2, 0.25) is 0 Å². The molecule has 0 bridgehead atoms. The van der Waals surface area contributed by atoms with Gasteiger partial charge < -0.3 is 9.15 Å². The zero-order chi connectivity index (χ0) is 12.8. The zero-order valence-corrected chi connectivity index (χ0v) is 9.66. The highest BCUT2D eigenvalue weighted by atomic mass is 16.6. The van der Waals surface area contributed by atoms with E-state index in [1.54, 1.807) is 12.1 Å². The lowest BCUT2D eigenvalue weighted by atomic mass is 10.1. The van der Waals surface area contributed by atoms with Gasteiger partial charge in [0.05, 0.1) is 12.0 Å². The van der Waals surface area contributed by atoms with Crippen molar-refractivity contribution in [2.24, 2.45) is 0 Å². The quantitative estimate of drug-likeness (QED) is 0.688. The molecule has 1 fully saturated rings. The molecule has 0 saturated carbocycles. The second-order valence-electron chi connectivity index (χ2n) is 4.29. The monoisotopic (exact) mass is 256 g/mol. The molecular formula is C12H8N4O3. The molecule has 0 radical (unpaired) electrons. The number of epoxide rings is 1. The standard InChI is InChI=1S/C12H8N4O3/c17-11-7-3-6(10-5-19-10)1-2-9(7)18-4-8(11)12-13-15-16-14-12/h1-4,10H,5H2,(H,13,14,15,16). The average molecular weight is 256 g/mol. The predicted octanol–water partition coefficient (Wildman–Crippen LogP) is 1.04. The van der Waals surface area contributed by atoms with Crippen molar-refractivity contribution in [3.8, 4) is 11.4 Å². The van der Waals surface area contributed by atoms with Crippen molar-refractivity contribution in [2.75, 3.05) is 6.61 Å². The van der Waals surface area contributed by atoms with Crippen LogP contribution in [0.15, 0.2) is 33.7 Å². The molecule has 0 spiro atoms. The van der Waals surface area contributed by atoms with Crippen molar-refractivity contribution in [1.82, 2.24) is 20.6 Å². The minimum Gasteiger partial charge on any atom is -0.463 e. The maximum Gasteiger partial charge on any atom is 0.211 e. The number of hydrogen-bond donors (Lipinski definition) is 1. The van der Waals surface area contributed by atoms with Gasteiger partial charge in [-0.25, -0.2) is 0 Å². The largest absolute Gasteiger partial charge is 0.463 e. The zero-order valence-electron chi connectivity index (χ0n) is 9.66. The fourth-order valence-corrected chi connectivity index (χ4v) is 2.02. The summed E-state index contributed by atoms with van der Waals surface area (Å²) in [6.07, 6.45) is 1.45. The van der Waals surface area contributed by atoms with E-state index >= 15 is 0 Å². The second-order valence-corrected chi connectivity index (χ2v) is 4.29. The summed E-state index contributed by atoms with van der Waals surface area (Å²) in [5.41, 5.74) is 1.62. The molecule has 1 saturated heterocycles. The Labute approximate surface area is 106 Å². The molecule has 1 aliphatic heterocycles. The first-order valence-electron chi connectivity index (χ1n) is 5.74. The molecule has 7 heteroatoms. The third-order valence-corrected chi connectivity index (χ3v) is 3.09. The number of aromatic nitrogens is 4. The van der Waals surface area contributed by atoms with Gasteiger partial charge in [-0.3, -0.25) is 4.79 Å². The molecule has 1 N–H and O–H groups in total. The number of H-pyrrole nitrogens is 1. The van der Waals surface area contributed by atoms with Crippen LogP contribution in [0.3, 0.4) is 0 Å². The van der Waals surface area contributed by atoms with Crippen LogP contribution < -0.4 is 5.43 Å². The Morgan fingerprint density at radius 2 is 2.26 bits per heavy atom. The van der Waals surface area contributed by atoms with Gasteiger partial charge in [0.25, 0.3) is 0 Å². The number of fused-ring (bicyclic) bond motifs is 1. The second kappa shape index (κ2) is 3.72. The topological polar surface area (TPSA) is 97.2 Å². The molecule has 7 nitrogen and oxygen atoms in total. The molecule has 3 heterocycles. The summed E-state index contributed by atoms with van der Waals surface area (Å²) in [6.45, 7) is 0.696. The van der Waals surface area contributed by atoms with Crippen molar-refractivity contribution in [3.63, 3.8) is 0 Å². The number of aromatic amines is 1. The summed E-state index contributed by atoms with van der Waals surface area (Å²) in [6, 6.07) is 5.47. The van der Waals surface area contributed by atoms with Crippen LogP contribution in [0, 0.1) is 0 Å². The van der Waals surface area contributed by atoms with E-state index in [4.69, 9.17) is 9.15 Å². The Bertz CT molecular complexity index is 805. The van der Waals surface area contributed by atoms with Gasteiger partial charge in [-0.05, 0) is 22.9 Å². The normalized spacial score (nSPS) is 17.8. The predicted molar refractivity (Wildman–Crippen MR) is 64.3 cm³/mol. The summed E-state index contributed by atoms with van der Waals surface area (Å²) in [5, 5.41) is 13.8. The highest BCUT2D eigenvalue weighted by Gasteiger charge is 2.25. The van der Waals surface area contributed by atoms with Crippen LogP contribution in [-0.4, -0.2) is 27.2 Å². The Balaban J connectivity index is 1.97. The van der Waals surface area contributed by atoms with Crippen LogP contribution >= 0.6 is 0 Å². The molecule has 2 aromatic heterocycles. The van der Waals surface area contributed by atoms with E-state index in [0.717, 1.165) is 5.56 Å². The van der Waals surface area contributed by atoms with E-state index in [1.165, 1.54) is 6.26 Å². The fraction of sp³-hybridized carbons (Fsp3) is 0.167. The van der Waals surface area contributed by atoms with Crippen molar-refractivity contribution in [1.29, 1.82) is 0 Å². The first kappa shape index (κ1) is 10.4. The van der Waals surface area contributed by atoms with Crippen molar-refractivity contribution >= 4 is 11.0 Å². The van der Waals surface area contributed by atoms with E-state index in [-0.39, 0.29) is 22.9 Å². The Morgan fingerprint density at radius 1 is 1.37 bits per heavy atom. The Hall–Kier alpha value is -2.54. The number of rotatable bonds is 2. The fourth-order valence-electron chi connectivity index (χ4n) is 2.02. The van der Waals surface area contributed by atoms with Crippen molar-refractivity contribution in [3.05, 3.63) is 40.2 Å². The Morgan fingerprint density at radius 3 is 3.00 bits per heavy atom. The number of nitrogens with one attached hydrogen (secondary N) is 1. The molecule has 0 amide bonds. The molecular weight excluding hydrogens is 248 g/mol. The van der Waals surface area contributed by atoms with Gasteiger partial charge in [0.15, 0.2) is 0 Å². The molecule has 94 valence electrons. The summed E-state index contributed by atoms with van der Waals surface area (Å²) in [7, 11) is 0. The molecule has 1 aromatic carbocycles. The van der Waals surface area contributed by atoms with Gasteiger partial charge in [-0.1, -0.05) is 6.07 Å².